The topological polar surface area (TPSA) is 26.3 Å². The lowest BCUT2D eigenvalue weighted by Gasteiger charge is -2.02. The summed E-state index contributed by atoms with van der Waals surface area (Å²) in [7, 11) is 1.40. The second-order valence-corrected chi connectivity index (χ2v) is 3.33. The van der Waals surface area contributed by atoms with Crippen molar-refractivity contribution in [2.45, 2.75) is 6.42 Å². The molecule has 74 valence electrons. The van der Waals surface area contributed by atoms with Gasteiger partial charge in [-0.05, 0) is 11.6 Å². The predicted octanol–water partition coefficient (Wildman–Crippen LogP) is 2.07. The Bertz CT molecular complexity index is 388. The van der Waals surface area contributed by atoms with E-state index in [0.29, 0.717) is 6.42 Å². The molecule has 1 aromatic rings. The number of carbonyl (C=O) groups excluding carboxylic acids is 1. The van der Waals surface area contributed by atoms with E-state index in [1.807, 2.05) is 30.5 Å². The van der Waals surface area contributed by atoms with Gasteiger partial charge in [0.1, 0.15) is 0 Å². The second kappa shape index (κ2) is 5.43. The number of esters is 1. The number of carbonyl (C=O) groups is 1. The summed E-state index contributed by atoms with van der Waals surface area (Å²) in [5.74, 6) is -0.222. The first-order valence-electron chi connectivity index (χ1n) is 4.21. The fraction of sp³-hybridized carbons (Fsp3) is 0.273. The predicted molar refractivity (Wildman–Crippen MR) is 58.7 cm³/mol. The molecule has 0 spiro atoms. The lowest BCUT2D eigenvalue weighted by atomic mass is 10.1. The van der Waals surface area contributed by atoms with E-state index in [4.69, 9.17) is 0 Å². The summed E-state index contributed by atoms with van der Waals surface area (Å²) in [6.45, 7) is 0. The first kappa shape index (κ1) is 10.8. The van der Waals surface area contributed by atoms with Crippen molar-refractivity contribution >= 4 is 17.1 Å². The van der Waals surface area contributed by atoms with Crippen LogP contribution in [0.15, 0.2) is 24.3 Å². The van der Waals surface area contributed by atoms with E-state index >= 15 is 0 Å². The number of methoxy groups -OCH3 is 1. The van der Waals surface area contributed by atoms with E-state index in [1.54, 1.807) is 0 Å². The summed E-state index contributed by atoms with van der Waals surface area (Å²) in [6.07, 6.45) is 2.25. The highest BCUT2D eigenvalue weighted by Gasteiger charge is 2.05. The van der Waals surface area contributed by atoms with Crippen LogP contribution >= 0.6 is 11.2 Å². The van der Waals surface area contributed by atoms with Crippen LogP contribution in [0.4, 0.5) is 0 Å². The third kappa shape index (κ3) is 2.87. The minimum Gasteiger partial charge on any atom is -0.469 e. The standard InChI is InChI=1S/C11H12O2S/c1-13-11(12)7-9-5-3-4-6-10(9)8-14-2/h3-6H,7H2,1-2H3. The maximum atomic E-state index is 11.1. The Kier molecular flexibility index (Phi) is 4.17. The first-order chi connectivity index (χ1) is 6.77. The van der Waals surface area contributed by atoms with Crippen molar-refractivity contribution in [2.75, 3.05) is 13.4 Å². The zero-order valence-electron chi connectivity index (χ0n) is 8.24. The Morgan fingerprint density at radius 3 is 2.86 bits per heavy atom. The molecule has 0 N–H and O–H groups in total. The van der Waals surface area contributed by atoms with Crippen molar-refractivity contribution < 1.29 is 9.53 Å². The smallest absolute Gasteiger partial charge is 0.310 e. The zero-order valence-corrected chi connectivity index (χ0v) is 9.06. The van der Waals surface area contributed by atoms with Gasteiger partial charge >= 0.3 is 5.97 Å². The number of hydrogen-bond acceptors (Lipinski definition) is 2. The molecule has 1 aromatic carbocycles. The van der Waals surface area contributed by atoms with Gasteiger partial charge in [-0.3, -0.25) is 4.79 Å². The first-order valence-corrected chi connectivity index (χ1v) is 5.44. The Balaban J connectivity index is 2.93. The number of ether oxygens (including phenoxy) is 1. The Morgan fingerprint density at radius 2 is 2.21 bits per heavy atom. The second-order valence-electron chi connectivity index (χ2n) is 2.72. The van der Waals surface area contributed by atoms with Crippen LogP contribution in [0.5, 0.6) is 0 Å². The van der Waals surface area contributed by atoms with Gasteiger partial charge in [0, 0.05) is 11.8 Å². The monoisotopic (exact) mass is 208 g/mol. The van der Waals surface area contributed by atoms with Crippen LogP contribution in [0.3, 0.4) is 0 Å². The quantitative estimate of drug-likeness (QED) is 0.695. The van der Waals surface area contributed by atoms with Crippen molar-refractivity contribution in [1.82, 2.24) is 0 Å². The largest absolute Gasteiger partial charge is 0.469 e. The Morgan fingerprint density at radius 1 is 1.50 bits per heavy atom. The van der Waals surface area contributed by atoms with Crippen LogP contribution in [0.1, 0.15) is 11.1 Å². The van der Waals surface area contributed by atoms with Crippen LogP contribution in [0, 0.1) is 5.18 Å². The average Bonchev–Trinajstić information content (AvgIpc) is 2.21. The minimum absolute atomic E-state index is 0.222. The van der Waals surface area contributed by atoms with Gasteiger partial charge in [0.05, 0.1) is 13.5 Å². The average molecular weight is 208 g/mol. The molecule has 0 saturated carbocycles. The van der Waals surface area contributed by atoms with E-state index in [2.05, 4.69) is 9.92 Å². The van der Waals surface area contributed by atoms with E-state index in [0.717, 1.165) is 11.1 Å². The molecule has 0 heterocycles. The third-order valence-electron chi connectivity index (χ3n) is 1.79. The molecule has 0 fully saturated rings. The van der Waals surface area contributed by atoms with E-state index in [-0.39, 0.29) is 5.97 Å². The fourth-order valence-corrected chi connectivity index (χ4v) is 1.53. The van der Waals surface area contributed by atoms with Gasteiger partial charge in [0.2, 0.25) is 0 Å². The zero-order chi connectivity index (χ0) is 10.4. The van der Waals surface area contributed by atoms with Crippen LogP contribution in [0.25, 0.3) is 0 Å². The molecule has 0 aliphatic heterocycles. The number of rotatable bonds is 2. The maximum Gasteiger partial charge on any atom is 0.310 e. The molecule has 14 heavy (non-hydrogen) atoms. The Labute approximate surface area is 87.5 Å². The molecular weight excluding hydrogens is 196 g/mol. The lowest BCUT2D eigenvalue weighted by Crippen LogP contribution is -2.05. The van der Waals surface area contributed by atoms with Crippen LogP contribution in [-0.4, -0.2) is 19.3 Å². The molecule has 0 unspecified atom stereocenters. The van der Waals surface area contributed by atoms with Gasteiger partial charge in [-0.15, -0.1) is 11.2 Å². The molecule has 0 bridgehead atoms. The highest BCUT2D eigenvalue weighted by Crippen LogP contribution is 2.09. The van der Waals surface area contributed by atoms with Gasteiger partial charge < -0.3 is 4.74 Å². The summed E-state index contributed by atoms with van der Waals surface area (Å²) >= 11 is 1.50. The molecular formula is C11H12O2S. The molecule has 0 saturated heterocycles. The van der Waals surface area contributed by atoms with Crippen LogP contribution in [0.2, 0.25) is 0 Å². The van der Waals surface area contributed by atoms with Crippen molar-refractivity contribution in [1.29, 1.82) is 0 Å². The van der Waals surface area contributed by atoms with Crippen LogP contribution in [-0.2, 0) is 16.0 Å². The van der Waals surface area contributed by atoms with Gasteiger partial charge in [-0.25, -0.2) is 0 Å². The summed E-state index contributed by atoms with van der Waals surface area (Å²) < 4.78 is 4.61. The van der Waals surface area contributed by atoms with Gasteiger partial charge in [0.15, 0.2) is 0 Å². The summed E-state index contributed by atoms with van der Waals surface area (Å²) in [5.41, 5.74) is 1.92. The van der Waals surface area contributed by atoms with Crippen molar-refractivity contribution in [3.63, 3.8) is 0 Å². The number of benzene rings is 1. The van der Waals surface area contributed by atoms with Crippen molar-refractivity contribution in [3.8, 4) is 5.18 Å². The minimum atomic E-state index is -0.222. The van der Waals surface area contributed by atoms with Crippen molar-refractivity contribution in [3.05, 3.63) is 35.4 Å². The van der Waals surface area contributed by atoms with Crippen molar-refractivity contribution in [2.24, 2.45) is 0 Å². The van der Waals surface area contributed by atoms with Gasteiger partial charge in [0.25, 0.3) is 0 Å². The highest BCUT2D eigenvalue weighted by molar-refractivity contribution is 7.88. The van der Waals surface area contributed by atoms with Gasteiger partial charge in [-0.2, -0.15) is 0 Å². The molecule has 1 rings (SSSR count). The van der Waals surface area contributed by atoms with E-state index < -0.39 is 0 Å². The van der Waals surface area contributed by atoms with Gasteiger partial charge in [-0.1, -0.05) is 23.4 Å². The van der Waals surface area contributed by atoms with E-state index in [9.17, 15) is 4.79 Å². The lowest BCUT2D eigenvalue weighted by molar-refractivity contribution is -0.139. The molecule has 2 nitrogen and oxygen atoms in total. The third-order valence-corrected chi connectivity index (χ3v) is 2.22. The molecule has 0 aromatic heterocycles. The summed E-state index contributed by atoms with van der Waals surface area (Å²) in [6, 6.07) is 7.69. The van der Waals surface area contributed by atoms with E-state index in [1.165, 1.54) is 18.3 Å². The van der Waals surface area contributed by atoms with Crippen LogP contribution < -0.4 is 0 Å². The Hall–Kier alpha value is -1.31. The molecule has 0 radical (unpaired) electrons. The maximum absolute atomic E-state index is 11.1. The SMILES string of the molecule is COC(=O)Cc1ccccc1C#SC. The highest BCUT2D eigenvalue weighted by atomic mass is 32.1. The molecule has 0 atom stereocenters. The molecule has 0 aliphatic rings. The summed E-state index contributed by atoms with van der Waals surface area (Å²) in [5, 5.41) is 3.11. The molecule has 0 amide bonds. The fourth-order valence-electron chi connectivity index (χ4n) is 1.11. The normalized spacial score (nSPS) is 9.00. The summed E-state index contributed by atoms with van der Waals surface area (Å²) in [4.78, 5) is 11.1. The molecule has 0 aliphatic carbocycles. The number of hydrogen-bond donors (Lipinski definition) is 0. The molecule has 3 heteroatoms.